The predicted octanol–water partition coefficient (Wildman–Crippen LogP) is 3.03. The fourth-order valence-corrected chi connectivity index (χ4v) is 0.862. The molecule has 0 saturated carbocycles. The molecule has 0 unspecified atom stereocenters. The molecular formula is C9H17N. The molecule has 0 amide bonds. The Balaban J connectivity index is 4.18. The van der Waals surface area contributed by atoms with E-state index in [9.17, 15) is 0 Å². The van der Waals surface area contributed by atoms with Crippen LogP contribution in [-0.2, 0) is 0 Å². The number of rotatable bonds is 3. The lowest BCUT2D eigenvalue weighted by Gasteiger charge is -2.06. The van der Waals surface area contributed by atoms with Crippen LogP contribution >= 0.6 is 0 Å². The molecule has 0 aliphatic rings. The Morgan fingerprint density at radius 1 is 1.50 bits per heavy atom. The standard InChI is InChI=1S/C9H17N/c1-6-9(7(2)3)10-8(4)5/h7H,4,6H2,1-3,5H3. The second-order valence-electron chi connectivity index (χ2n) is 2.85. The highest BCUT2D eigenvalue weighted by Gasteiger charge is 2.00. The predicted molar refractivity (Wildman–Crippen MR) is 47.4 cm³/mol. The van der Waals surface area contributed by atoms with Gasteiger partial charge in [-0.1, -0.05) is 27.4 Å². The molecule has 0 aromatic rings. The van der Waals surface area contributed by atoms with Crippen LogP contribution in [0.3, 0.4) is 0 Å². The van der Waals surface area contributed by atoms with Crippen LogP contribution in [0.4, 0.5) is 0 Å². The Bertz CT molecular complexity index is 143. The molecule has 0 N–H and O–H groups in total. The van der Waals surface area contributed by atoms with Gasteiger partial charge in [0.15, 0.2) is 0 Å². The van der Waals surface area contributed by atoms with Crippen LogP contribution in [0.25, 0.3) is 0 Å². The van der Waals surface area contributed by atoms with Gasteiger partial charge in [0.2, 0.25) is 0 Å². The third kappa shape index (κ3) is 3.44. The van der Waals surface area contributed by atoms with Gasteiger partial charge in [-0.3, -0.25) is 4.99 Å². The summed E-state index contributed by atoms with van der Waals surface area (Å²) in [5, 5.41) is 0. The normalized spacial score (nSPS) is 12.3. The first-order chi connectivity index (χ1) is 4.57. The summed E-state index contributed by atoms with van der Waals surface area (Å²) in [4.78, 5) is 4.32. The lowest BCUT2D eigenvalue weighted by atomic mass is 10.1. The van der Waals surface area contributed by atoms with E-state index < -0.39 is 0 Å². The maximum absolute atomic E-state index is 4.32. The van der Waals surface area contributed by atoms with Crippen molar-refractivity contribution in [2.24, 2.45) is 10.9 Å². The molecule has 0 aromatic heterocycles. The molecule has 0 saturated heterocycles. The van der Waals surface area contributed by atoms with Gasteiger partial charge in [0.25, 0.3) is 0 Å². The fourth-order valence-electron chi connectivity index (χ4n) is 0.862. The summed E-state index contributed by atoms with van der Waals surface area (Å²) >= 11 is 0. The van der Waals surface area contributed by atoms with E-state index in [4.69, 9.17) is 0 Å². The number of aliphatic imine (C=N–C) groups is 1. The lowest BCUT2D eigenvalue weighted by molar-refractivity contribution is 0.854. The summed E-state index contributed by atoms with van der Waals surface area (Å²) in [6.45, 7) is 12.1. The van der Waals surface area contributed by atoms with Crippen molar-refractivity contribution >= 4 is 5.71 Å². The molecule has 0 aliphatic carbocycles. The molecule has 58 valence electrons. The molecule has 0 rings (SSSR count). The van der Waals surface area contributed by atoms with Crippen LogP contribution in [-0.4, -0.2) is 5.71 Å². The Kier molecular flexibility index (Phi) is 4.01. The highest BCUT2D eigenvalue weighted by Crippen LogP contribution is 2.04. The van der Waals surface area contributed by atoms with Gasteiger partial charge in [0.05, 0.1) is 0 Å². The highest BCUT2D eigenvalue weighted by atomic mass is 14.7. The monoisotopic (exact) mass is 139 g/mol. The van der Waals surface area contributed by atoms with E-state index in [0.717, 1.165) is 12.1 Å². The van der Waals surface area contributed by atoms with Crippen molar-refractivity contribution in [2.75, 3.05) is 0 Å². The van der Waals surface area contributed by atoms with Gasteiger partial charge >= 0.3 is 0 Å². The topological polar surface area (TPSA) is 12.4 Å². The third-order valence-electron chi connectivity index (χ3n) is 1.36. The molecule has 0 atom stereocenters. The van der Waals surface area contributed by atoms with E-state index in [-0.39, 0.29) is 0 Å². The summed E-state index contributed by atoms with van der Waals surface area (Å²) in [6.07, 6.45) is 1.03. The molecule has 0 aromatic carbocycles. The molecule has 0 spiro atoms. The Morgan fingerprint density at radius 2 is 2.00 bits per heavy atom. The smallest absolute Gasteiger partial charge is 0.0300 e. The van der Waals surface area contributed by atoms with Crippen molar-refractivity contribution in [1.82, 2.24) is 0 Å². The molecular weight excluding hydrogens is 122 g/mol. The Labute approximate surface area is 63.9 Å². The summed E-state index contributed by atoms with van der Waals surface area (Å²) < 4.78 is 0. The average Bonchev–Trinajstić information content (AvgIpc) is 1.81. The van der Waals surface area contributed by atoms with Gasteiger partial charge in [0, 0.05) is 11.4 Å². The van der Waals surface area contributed by atoms with E-state index in [1.165, 1.54) is 5.71 Å². The zero-order chi connectivity index (χ0) is 8.15. The van der Waals surface area contributed by atoms with Crippen LogP contribution in [0.2, 0.25) is 0 Å². The van der Waals surface area contributed by atoms with E-state index in [0.29, 0.717) is 5.92 Å². The SMILES string of the molecule is C=C(C)N=C(CC)C(C)C. The fraction of sp³-hybridized carbons (Fsp3) is 0.667. The quantitative estimate of drug-likeness (QED) is 0.533. The minimum atomic E-state index is 0.557. The highest BCUT2D eigenvalue weighted by molar-refractivity contribution is 5.86. The van der Waals surface area contributed by atoms with Crippen molar-refractivity contribution in [3.63, 3.8) is 0 Å². The van der Waals surface area contributed by atoms with Crippen molar-refractivity contribution < 1.29 is 0 Å². The second-order valence-corrected chi connectivity index (χ2v) is 2.85. The number of nitrogens with zero attached hydrogens (tertiary/aromatic N) is 1. The minimum Gasteiger partial charge on any atom is -0.263 e. The Morgan fingerprint density at radius 3 is 2.10 bits per heavy atom. The van der Waals surface area contributed by atoms with Crippen molar-refractivity contribution in [2.45, 2.75) is 34.1 Å². The Hall–Kier alpha value is -0.590. The molecule has 1 nitrogen and oxygen atoms in total. The van der Waals surface area contributed by atoms with Gasteiger partial charge in [-0.15, -0.1) is 0 Å². The first-order valence-corrected chi connectivity index (χ1v) is 3.80. The first kappa shape index (κ1) is 9.41. The van der Waals surface area contributed by atoms with Gasteiger partial charge in [0.1, 0.15) is 0 Å². The van der Waals surface area contributed by atoms with Crippen LogP contribution in [0.15, 0.2) is 17.3 Å². The minimum absolute atomic E-state index is 0.557. The molecule has 10 heavy (non-hydrogen) atoms. The maximum atomic E-state index is 4.32. The second kappa shape index (κ2) is 4.26. The van der Waals surface area contributed by atoms with Crippen molar-refractivity contribution in [3.05, 3.63) is 12.3 Å². The number of hydrogen-bond donors (Lipinski definition) is 0. The molecule has 0 radical (unpaired) electrons. The van der Waals surface area contributed by atoms with Crippen LogP contribution in [0, 0.1) is 5.92 Å². The molecule has 0 aliphatic heterocycles. The van der Waals surface area contributed by atoms with E-state index >= 15 is 0 Å². The zero-order valence-electron chi connectivity index (χ0n) is 7.44. The van der Waals surface area contributed by atoms with Gasteiger partial charge in [-0.05, 0) is 19.3 Å². The van der Waals surface area contributed by atoms with Gasteiger partial charge in [-0.25, -0.2) is 0 Å². The summed E-state index contributed by atoms with van der Waals surface area (Å²) in [5.41, 5.74) is 2.15. The summed E-state index contributed by atoms with van der Waals surface area (Å²) in [6, 6.07) is 0. The largest absolute Gasteiger partial charge is 0.263 e. The van der Waals surface area contributed by atoms with Gasteiger partial charge < -0.3 is 0 Å². The maximum Gasteiger partial charge on any atom is 0.0300 e. The molecule has 0 bridgehead atoms. The lowest BCUT2D eigenvalue weighted by Crippen LogP contribution is -2.05. The molecule has 0 heterocycles. The van der Waals surface area contributed by atoms with Crippen LogP contribution < -0.4 is 0 Å². The molecule has 0 fully saturated rings. The van der Waals surface area contributed by atoms with E-state index in [1.807, 2.05) is 6.92 Å². The van der Waals surface area contributed by atoms with Crippen molar-refractivity contribution in [3.8, 4) is 0 Å². The summed E-state index contributed by atoms with van der Waals surface area (Å²) in [7, 11) is 0. The number of allylic oxidation sites excluding steroid dienone is 1. The van der Waals surface area contributed by atoms with Crippen LogP contribution in [0.5, 0.6) is 0 Å². The van der Waals surface area contributed by atoms with Gasteiger partial charge in [-0.2, -0.15) is 0 Å². The third-order valence-corrected chi connectivity index (χ3v) is 1.36. The average molecular weight is 139 g/mol. The number of hydrogen-bond acceptors (Lipinski definition) is 1. The van der Waals surface area contributed by atoms with E-state index in [2.05, 4.69) is 32.3 Å². The van der Waals surface area contributed by atoms with Crippen molar-refractivity contribution in [1.29, 1.82) is 0 Å². The zero-order valence-corrected chi connectivity index (χ0v) is 7.44. The first-order valence-electron chi connectivity index (χ1n) is 3.80. The van der Waals surface area contributed by atoms with E-state index in [1.54, 1.807) is 0 Å². The van der Waals surface area contributed by atoms with Crippen LogP contribution in [0.1, 0.15) is 34.1 Å². The summed E-state index contributed by atoms with van der Waals surface area (Å²) in [5.74, 6) is 0.557. The molecule has 1 heteroatoms.